The van der Waals surface area contributed by atoms with E-state index in [1.165, 1.54) is 0 Å². The molecule has 3 heterocycles. The minimum absolute atomic E-state index is 0.254. The van der Waals surface area contributed by atoms with Crippen molar-refractivity contribution < 1.29 is 0 Å². The van der Waals surface area contributed by atoms with Crippen LogP contribution in [0.2, 0.25) is 0 Å². The summed E-state index contributed by atoms with van der Waals surface area (Å²) in [5.74, 6) is 0.908. The average molecular weight is 305 g/mol. The number of fused-ring (bicyclic) bond motifs is 1. The van der Waals surface area contributed by atoms with E-state index in [-0.39, 0.29) is 5.54 Å². The van der Waals surface area contributed by atoms with E-state index in [0.717, 1.165) is 37.5 Å². The SMILES string of the molecule is CC(C)(C(N)=S)N1CCN(c2ncnc3nc[nH]c23)CC1. The summed E-state index contributed by atoms with van der Waals surface area (Å²) in [5, 5.41) is 0. The topological polar surface area (TPSA) is 87.0 Å². The van der Waals surface area contributed by atoms with Gasteiger partial charge in [0.25, 0.3) is 0 Å². The molecule has 7 nitrogen and oxygen atoms in total. The largest absolute Gasteiger partial charge is 0.392 e. The quantitative estimate of drug-likeness (QED) is 0.800. The molecule has 3 rings (SSSR count). The van der Waals surface area contributed by atoms with E-state index < -0.39 is 0 Å². The van der Waals surface area contributed by atoms with Crippen LogP contribution in [0, 0.1) is 0 Å². The summed E-state index contributed by atoms with van der Waals surface area (Å²) >= 11 is 5.18. The lowest BCUT2D eigenvalue weighted by molar-refractivity contribution is 0.168. The van der Waals surface area contributed by atoms with E-state index in [1.54, 1.807) is 12.7 Å². The Morgan fingerprint density at radius 2 is 1.95 bits per heavy atom. The molecule has 0 unspecified atom stereocenters. The first-order chi connectivity index (χ1) is 10.00. The van der Waals surface area contributed by atoms with Gasteiger partial charge in [0.2, 0.25) is 0 Å². The summed E-state index contributed by atoms with van der Waals surface area (Å²) in [6, 6.07) is 0. The van der Waals surface area contributed by atoms with Gasteiger partial charge in [-0.05, 0) is 13.8 Å². The molecule has 1 fully saturated rings. The second-order valence-corrected chi connectivity index (χ2v) is 6.14. The Hall–Kier alpha value is -1.80. The number of hydrogen-bond acceptors (Lipinski definition) is 6. The van der Waals surface area contributed by atoms with Crippen LogP contribution < -0.4 is 10.6 Å². The van der Waals surface area contributed by atoms with Gasteiger partial charge in [-0.15, -0.1) is 0 Å². The highest BCUT2D eigenvalue weighted by Gasteiger charge is 2.32. The zero-order valence-electron chi connectivity index (χ0n) is 12.2. The van der Waals surface area contributed by atoms with Crippen molar-refractivity contribution in [3.05, 3.63) is 12.7 Å². The van der Waals surface area contributed by atoms with Gasteiger partial charge in [-0.1, -0.05) is 12.2 Å². The van der Waals surface area contributed by atoms with E-state index in [0.29, 0.717) is 10.6 Å². The summed E-state index contributed by atoms with van der Waals surface area (Å²) in [4.78, 5) is 20.9. The number of aromatic nitrogens is 4. The Kier molecular flexibility index (Phi) is 3.50. The molecule has 3 N–H and O–H groups in total. The Morgan fingerprint density at radius 1 is 1.24 bits per heavy atom. The number of aromatic amines is 1. The van der Waals surface area contributed by atoms with Crippen LogP contribution in [0.1, 0.15) is 13.8 Å². The predicted octanol–water partition coefficient (Wildman–Crippen LogP) is 0.540. The summed E-state index contributed by atoms with van der Waals surface area (Å²) in [6.07, 6.45) is 3.21. The molecule has 112 valence electrons. The molecule has 21 heavy (non-hydrogen) atoms. The van der Waals surface area contributed by atoms with E-state index in [2.05, 4.69) is 43.6 Å². The van der Waals surface area contributed by atoms with Crippen LogP contribution in [0.5, 0.6) is 0 Å². The monoisotopic (exact) mass is 305 g/mol. The number of nitrogens with two attached hydrogens (primary N) is 1. The van der Waals surface area contributed by atoms with Crippen molar-refractivity contribution in [1.29, 1.82) is 0 Å². The van der Waals surface area contributed by atoms with Gasteiger partial charge in [-0.3, -0.25) is 4.90 Å². The van der Waals surface area contributed by atoms with Crippen molar-refractivity contribution in [1.82, 2.24) is 24.8 Å². The Labute approximate surface area is 128 Å². The maximum atomic E-state index is 5.85. The third-order valence-corrected chi connectivity index (χ3v) is 4.68. The van der Waals surface area contributed by atoms with E-state index in [4.69, 9.17) is 18.0 Å². The van der Waals surface area contributed by atoms with Crippen LogP contribution >= 0.6 is 12.2 Å². The zero-order chi connectivity index (χ0) is 15.0. The van der Waals surface area contributed by atoms with Crippen LogP contribution in [-0.2, 0) is 0 Å². The average Bonchev–Trinajstić information content (AvgIpc) is 2.95. The zero-order valence-corrected chi connectivity index (χ0v) is 13.0. The molecule has 0 aromatic carbocycles. The molecule has 0 bridgehead atoms. The van der Waals surface area contributed by atoms with Crippen molar-refractivity contribution in [3.8, 4) is 0 Å². The molecule has 0 amide bonds. The van der Waals surface area contributed by atoms with Gasteiger partial charge in [0, 0.05) is 26.2 Å². The summed E-state index contributed by atoms with van der Waals surface area (Å²) in [5.41, 5.74) is 7.18. The highest BCUT2D eigenvalue weighted by Crippen LogP contribution is 2.23. The van der Waals surface area contributed by atoms with Crippen LogP contribution in [-0.4, -0.2) is 61.5 Å². The maximum absolute atomic E-state index is 5.85. The second kappa shape index (κ2) is 5.19. The minimum Gasteiger partial charge on any atom is -0.392 e. The lowest BCUT2D eigenvalue weighted by Gasteiger charge is -2.43. The van der Waals surface area contributed by atoms with E-state index in [1.807, 2.05) is 0 Å². The predicted molar refractivity (Wildman–Crippen MR) is 86.3 cm³/mol. The molecular weight excluding hydrogens is 286 g/mol. The number of hydrogen-bond donors (Lipinski definition) is 2. The standard InChI is InChI=1S/C13H19N7S/c1-13(2,12(14)21)20-5-3-19(4-6-20)11-9-10(16-7-15-9)17-8-18-11/h7-8H,3-6H2,1-2H3,(H2,14,21)(H,15,16,17,18). The van der Waals surface area contributed by atoms with Gasteiger partial charge in [-0.25, -0.2) is 15.0 Å². The summed E-state index contributed by atoms with van der Waals surface area (Å²) in [7, 11) is 0. The van der Waals surface area contributed by atoms with Gasteiger partial charge < -0.3 is 15.6 Å². The second-order valence-electron chi connectivity index (χ2n) is 5.70. The Balaban J connectivity index is 1.77. The van der Waals surface area contributed by atoms with Gasteiger partial charge in [0.15, 0.2) is 11.5 Å². The molecule has 0 spiro atoms. The van der Waals surface area contributed by atoms with Crippen LogP contribution in [0.3, 0.4) is 0 Å². The Bertz CT molecular complexity index is 657. The first-order valence-electron chi connectivity index (χ1n) is 6.94. The molecule has 2 aromatic rings. The molecule has 2 aromatic heterocycles. The van der Waals surface area contributed by atoms with E-state index >= 15 is 0 Å². The molecule has 0 atom stereocenters. The third kappa shape index (κ3) is 2.44. The van der Waals surface area contributed by atoms with Crippen molar-refractivity contribution in [2.75, 3.05) is 31.1 Å². The van der Waals surface area contributed by atoms with Gasteiger partial charge in [-0.2, -0.15) is 0 Å². The number of rotatable bonds is 3. The minimum atomic E-state index is -0.254. The number of H-pyrrole nitrogens is 1. The number of anilines is 1. The fourth-order valence-corrected chi connectivity index (χ4v) is 2.75. The molecule has 1 aliphatic heterocycles. The molecule has 8 heteroatoms. The lowest BCUT2D eigenvalue weighted by Crippen LogP contribution is -2.59. The van der Waals surface area contributed by atoms with Crippen molar-refractivity contribution in [3.63, 3.8) is 0 Å². The summed E-state index contributed by atoms with van der Waals surface area (Å²) < 4.78 is 0. The van der Waals surface area contributed by atoms with E-state index in [9.17, 15) is 0 Å². The maximum Gasteiger partial charge on any atom is 0.182 e. The van der Waals surface area contributed by atoms with Gasteiger partial charge in [0.1, 0.15) is 11.8 Å². The van der Waals surface area contributed by atoms with Crippen molar-refractivity contribution in [2.24, 2.45) is 5.73 Å². The molecule has 0 aliphatic carbocycles. The fourth-order valence-electron chi connectivity index (χ4n) is 2.63. The lowest BCUT2D eigenvalue weighted by atomic mass is 10.0. The number of nitrogens with zero attached hydrogens (tertiary/aromatic N) is 5. The highest BCUT2D eigenvalue weighted by molar-refractivity contribution is 7.80. The molecular formula is C13H19N7S. The smallest absolute Gasteiger partial charge is 0.182 e. The summed E-state index contributed by atoms with van der Waals surface area (Å²) in [6.45, 7) is 7.67. The van der Waals surface area contributed by atoms with Crippen molar-refractivity contribution >= 4 is 34.2 Å². The molecule has 0 saturated carbocycles. The van der Waals surface area contributed by atoms with Gasteiger partial charge in [0.05, 0.1) is 16.9 Å². The number of thiocarbonyl (C=S) groups is 1. The highest BCUT2D eigenvalue weighted by atomic mass is 32.1. The van der Waals surface area contributed by atoms with Crippen molar-refractivity contribution in [2.45, 2.75) is 19.4 Å². The van der Waals surface area contributed by atoms with Crippen LogP contribution in [0.25, 0.3) is 11.2 Å². The number of piperazine rings is 1. The number of nitrogens with one attached hydrogen (secondary N) is 1. The van der Waals surface area contributed by atoms with Crippen LogP contribution in [0.4, 0.5) is 5.82 Å². The molecule has 1 saturated heterocycles. The normalized spacial score (nSPS) is 17.3. The first-order valence-corrected chi connectivity index (χ1v) is 7.35. The third-order valence-electron chi connectivity index (χ3n) is 4.18. The molecule has 0 radical (unpaired) electrons. The Morgan fingerprint density at radius 3 is 2.62 bits per heavy atom. The fraction of sp³-hybridized carbons (Fsp3) is 0.538. The first kappa shape index (κ1) is 14.2. The number of imidazole rings is 1. The van der Waals surface area contributed by atoms with Gasteiger partial charge >= 0.3 is 0 Å². The molecule has 1 aliphatic rings. The van der Waals surface area contributed by atoms with Crippen LogP contribution in [0.15, 0.2) is 12.7 Å².